The van der Waals surface area contributed by atoms with Gasteiger partial charge in [-0.15, -0.1) is 0 Å². The molecule has 0 N–H and O–H groups in total. The molecular formula is C11H18O2. The number of methoxy groups -OCH3 is 1. The van der Waals surface area contributed by atoms with Gasteiger partial charge in [0.2, 0.25) is 5.78 Å². The standard InChI is InChI=1S/C11H18O2/c1-5-8-10(12)9(13-4)6-7-11(8,2)3/h6,8H,5,7H2,1-4H3. The fourth-order valence-electron chi connectivity index (χ4n) is 2.05. The van der Waals surface area contributed by atoms with Crippen LogP contribution in [-0.4, -0.2) is 12.9 Å². The highest BCUT2D eigenvalue weighted by molar-refractivity contribution is 5.96. The van der Waals surface area contributed by atoms with E-state index in [0.29, 0.717) is 5.76 Å². The summed E-state index contributed by atoms with van der Waals surface area (Å²) in [4.78, 5) is 11.8. The summed E-state index contributed by atoms with van der Waals surface area (Å²) in [6.07, 6.45) is 3.74. The molecule has 0 amide bonds. The Bertz CT molecular complexity index is 238. The van der Waals surface area contributed by atoms with E-state index in [1.54, 1.807) is 7.11 Å². The number of hydrogen-bond acceptors (Lipinski definition) is 2. The lowest BCUT2D eigenvalue weighted by atomic mass is 9.69. The van der Waals surface area contributed by atoms with Crippen molar-refractivity contribution in [1.82, 2.24) is 0 Å². The van der Waals surface area contributed by atoms with E-state index in [-0.39, 0.29) is 17.1 Å². The molecule has 0 aromatic heterocycles. The van der Waals surface area contributed by atoms with Crippen molar-refractivity contribution in [1.29, 1.82) is 0 Å². The summed E-state index contributed by atoms with van der Waals surface area (Å²) in [5.41, 5.74) is 0.0911. The van der Waals surface area contributed by atoms with E-state index < -0.39 is 0 Å². The number of carbonyl (C=O) groups excluding carboxylic acids is 1. The van der Waals surface area contributed by atoms with Gasteiger partial charge in [-0.1, -0.05) is 20.8 Å². The Labute approximate surface area is 80.0 Å². The summed E-state index contributed by atoms with van der Waals surface area (Å²) in [6, 6.07) is 0. The number of ketones is 1. The lowest BCUT2D eigenvalue weighted by Crippen LogP contribution is -2.35. The average molecular weight is 182 g/mol. The predicted octanol–water partition coefficient (Wildman–Crippen LogP) is 2.54. The highest BCUT2D eigenvalue weighted by Gasteiger charge is 2.38. The van der Waals surface area contributed by atoms with Crippen molar-refractivity contribution in [2.45, 2.75) is 33.6 Å². The molecule has 0 aromatic rings. The third-order valence-corrected chi connectivity index (χ3v) is 2.94. The third kappa shape index (κ3) is 1.77. The molecule has 0 aromatic carbocycles. The Kier molecular flexibility index (Phi) is 2.79. The van der Waals surface area contributed by atoms with E-state index in [4.69, 9.17) is 4.74 Å². The van der Waals surface area contributed by atoms with Crippen LogP contribution in [-0.2, 0) is 9.53 Å². The number of hydrogen-bond donors (Lipinski definition) is 0. The first-order valence-corrected chi connectivity index (χ1v) is 4.81. The Morgan fingerprint density at radius 2 is 2.23 bits per heavy atom. The van der Waals surface area contributed by atoms with Crippen molar-refractivity contribution in [2.75, 3.05) is 7.11 Å². The van der Waals surface area contributed by atoms with Crippen LogP contribution in [0.15, 0.2) is 11.8 Å². The van der Waals surface area contributed by atoms with Gasteiger partial charge in [-0.25, -0.2) is 0 Å². The van der Waals surface area contributed by atoms with E-state index in [1.807, 2.05) is 6.08 Å². The van der Waals surface area contributed by atoms with Crippen LogP contribution in [0.3, 0.4) is 0 Å². The molecule has 0 spiro atoms. The number of allylic oxidation sites excluding steroid dienone is 2. The van der Waals surface area contributed by atoms with Crippen LogP contribution >= 0.6 is 0 Å². The van der Waals surface area contributed by atoms with Crippen LogP contribution in [0.4, 0.5) is 0 Å². The summed E-state index contributed by atoms with van der Waals surface area (Å²) in [7, 11) is 1.56. The second kappa shape index (κ2) is 3.52. The SMILES string of the molecule is CCC1C(=O)C(OC)=CCC1(C)C. The van der Waals surface area contributed by atoms with E-state index in [9.17, 15) is 4.79 Å². The minimum atomic E-state index is 0.0911. The maximum Gasteiger partial charge on any atom is 0.200 e. The largest absolute Gasteiger partial charge is 0.493 e. The van der Waals surface area contributed by atoms with Gasteiger partial charge in [0.1, 0.15) is 0 Å². The molecule has 0 heterocycles. The minimum Gasteiger partial charge on any atom is -0.493 e. The highest BCUT2D eigenvalue weighted by Crippen LogP contribution is 2.39. The molecule has 2 nitrogen and oxygen atoms in total. The van der Waals surface area contributed by atoms with Crippen LogP contribution in [0.5, 0.6) is 0 Å². The van der Waals surface area contributed by atoms with Crippen LogP contribution in [0.2, 0.25) is 0 Å². The summed E-state index contributed by atoms with van der Waals surface area (Å²) in [5, 5.41) is 0. The quantitative estimate of drug-likeness (QED) is 0.656. The monoisotopic (exact) mass is 182 g/mol. The molecule has 2 heteroatoms. The fourth-order valence-corrected chi connectivity index (χ4v) is 2.05. The minimum absolute atomic E-state index is 0.0911. The Balaban J connectivity index is 2.94. The number of Topliss-reactive ketones (excluding diaryl/α,β-unsaturated/α-hetero) is 1. The molecule has 74 valence electrons. The molecule has 0 radical (unpaired) electrons. The smallest absolute Gasteiger partial charge is 0.200 e. The molecule has 1 unspecified atom stereocenters. The molecule has 1 aliphatic rings. The maximum absolute atomic E-state index is 11.8. The number of rotatable bonds is 2. The van der Waals surface area contributed by atoms with Gasteiger partial charge in [0, 0.05) is 5.92 Å². The summed E-state index contributed by atoms with van der Waals surface area (Å²) >= 11 is 0. The summed E-state index contributed by atoms with van der Waals surface area (Å²) in [6.45, 7) is 6.34. The molecule has 1 rings (SSSR count). The maximum atomic E-state index is 11.8. The van der Waals surface area contributed by atoms with E-state index in [1.165, 1.54) is 0 Å². The molecule has 0 aliphatic heterocycles. The normalized spacial score (nSPS) is 26.9. The topological polar surface area (TPSA) is 26.3 Å². The van der Waals surface area contributed by atoms with E-state index in [0.717, 1.165) is 12.8 Å². The van der Waals surface area contributed by atoms with Crippen LogP contribution < -0.4 is 0 Å². The zero-order valence-electron chi connectivity index (χ0n) is 8.89. The van der Waals surface area contributed by atoms with Crippen molar-refractivity contribution >= 4 is 5.78 Å². The number of ether oxygens (including phenoxy) is 1. The Hall–Kier alpha value is -0.790. The van der Waals surface area contributed by atoms with Crippen molar-refractivity contribution in [3.8, 4) is 0 Å². The molecular weight excluding hydrogens is 164 g/mol. The zero-order chi connectivity index (χ0) is 10.1. The molecule has 0 saturated heterocycles. The van der Waals surface area contributed by atoms with Crippen molar-refractivity contribution in [3.63, 3.8) is 0 Å². The van der Waals surface area contributed by atoms with E-state index in [2.05, 4.69) is 20.8 Å². The second-order valence-electron chi connectivity index (χ2n) is 4.29. The van der Waals surface area contributed by atoms with Gasteiger partial charge in [-0.05, 0) is 24.3 Å². The molecule has 0 fully saturated rings. The van der Waals surface area contributed by atoms with Gasteiger partial charge in [0.15, 0.2) is 5.76 Å². The van der Waals surface area contributed by atoms with Crippen LogP contribution in [0, 0.1) is 11.3 Å². The summed E-state index contributed by atoms with van der Waals surface area (Å²) in [5.74, 6) is 0.833. The van der Waals surface area contributed by atoms with Gasteiger partial charge in [0.25, 0.3) is 0 Å². The molecule has 13 heavy (non-hydrogen) atoms. The first-order chi connectivity index (χ1) is 6.03. The third-order valence-electron chi connectivity index (χ3n) is 2.94. The molecule has 0 bridgehead atoms. The lowest BCUT2D eigenvalue weighted by Gasteiger charge is -2.35. The van der Waals surface area contributed by atoms with Gasteiger partial charge < -0.3 is 4.74 Å². The van der Waals surface area contributed by atoms with Crippen molar-refractivity contribution < 1.29 is 9.53 Å². The van der Waals surface area contributed by atoms with E-state index >= 15 is 0 Å². The summed E-state index contributed by atoms with van der Waals surface area (Å²) < 4.78 is 5.04. The average Bonchev–Trinajstić information content (AvgIpc) is 2.04. The highest BCUT2D eigenvalue weighted by atomic mass is 16.5. The van der Waals surface area contributed by atoms with Gasteiger partial charge >= 0.3 is 0 Å². The zero-order valence-corrected chi connectivity index (χ0v) is 8.89. The predicted molar refractivity (Wildman–Crippen MR) is 52.3 cm³/mol. The van der Waals surface area contributed by atoms with Crippen LogP contribution in [0.1, 0.15) is 33.6 Å². The first kappa shape index (κ1) is 10.3. The second-order valence-corrected chi connectivity index (χ2v) is 4.29. The Morgan fingerprint density at radius 1 is 1.62 bits per heavy atom. The lowest BCUT2D eigenvalue weighted by molar-refractivity contribution is -0.126. The van der Waals surface area contributed by atoms with Crippen molar-refractivity contribution in [3.05, 3.63) is 11.8 Å². The van der Waals surface area contributed by atoms with Crippen LogP contribution in [0.25, 0.3) is 0 Å². The molecule has 0 saturated carbocycles. The fraction of sp³-hybridized carbons (Fsp3) is 0.727. The molecule has 1 aliphatic carbocycles. The Morgan fingerprint density at radius 3 is 2.69 bits per heavy atom. The van der Waals surface area contributed by atoms with Gasteiger partial charge in [-0.2, -0.15) is 0 Å². The van der Waals surface area contributed by atoms with Gasteiger partial charge in [-0.3, -0.25) is 4.79 Å². The van der Waals surface area contributed by atoms with Gasteiger partial charge in [0.05, 0.1) is 7.11 Å². The number of carbonyl (C=O) groups is 1. The van der Waals surface area contributed by atoms with Crippen molar-refractivity contribution in [2.24, 2.45) is 11.3 Å². The molecule has 1 atom stereocenters. The first-order valence-electron chi connectivity index (χ1n) is 4.81.